The number of ether oxygens (including phenoxy) is 6. The second-order valence-electron chi connectivity index (χ2n) is 14.2. The van der Waals surface area contributed by atoms with Gasteiger partial charge in [-0.25, -0.2) is 9.36 Å². The normalized spacial score (nSPS) is 14.4. The van der Waals surface area contributed by atoms with Crippen LogP contribution in [0, 0.1) is 6.92 Å². The third-order valence-electron chi connectivity index (χ3n) is 8.43. The Morgan fingerprint density at radius 2 is 1.11 bits per heavy atom. The number of nitrogens with zero attached hydrogens (tertiary/aromatic N) is 7. The van der Waals surface area contributed by atoms with Gasteiger partial charge >= 0.3 is 0 Å². The van der Waals surface area contributed by atoms with Gasteiger partial charge in [-0.15, -0.1) is 10.2 Å². The summed E-state index contributed by atoms with van der Waals surface area (Å²) in [6.07, 6.45) is 3.89. The molecule has 1 saturated heterocycles. The van der Waals surface area contributed by atoms with Crippen molar-refractivity contribution in [1.82, 2.24) is 45.5 Å². The van der Waals surface area contributed by atoms with Gasteiger partial charge in [0, 0.05) is 68.1 Å². The molecule has 1 aromatic carbocycles. The lowest BCUT2D eigenvalue weighted by Crippen LogP contribution is -2.39. The van der Waals surface area contributed by atoms with Crippen LogP contribution in [-0.4, -0.2) is 174 Å². The van der Waals surface area contributed by atoms with Crippen LogP contribution in [-0.2, 0) is 57.6 Å². The fraction of sp³-hybridized carbons (Fsp3) is 0.718. The molecule has 0 unspecified atom stereocenters. The van der Waals surface area contributed by atoms with Crippen molar-refractivity contribution in [2.24, 2.45) is 0 Å². The molecule has 3 heterocycles. The lowest BCUT2D eigenvalue weighted by atomic mass is 10.1. The maximum absolute atomic E-state index is 11.9. The quantitative estimate of drug-likeness (QED) is 0.0776. The van der Waals surface area contributed by atoms with Crippen LogP contribution in [0.25, 0.3) is 11.3 Å². The molecule has 0 radical (unpaired) electrons. The maximum Gasteiger partial charge on any atom is 0.113 e. The number of hydrogen-bond acceptors (Lipinski definition) is 14. The lowest BCUT2D eigenvalue weighted by Gasteiger charge is -2.27. The Hall–Kier alpha value is -2.84. The van der Waals surface area contributed by atoms with E-state index in [1.165, 1.54) is 5.56 Å². The number of nitrogens with one attached hydrogen (secondary N) is 2. The van der Waals surface area contributed by atoms with Crippen molar-refractivity contribution in [2.75, 3.05) is 117 Å². The minimum Gasteiger partial charge on any atom is -0.378 e. The van der Waals surface area contributed by atoms with Gasteiger partial charge in [-0.05, 0) is 22.3 Å². The van der Waals surface area contributed by atoms with Crippen LogP contribution in [0.5, 0.6) is 0 Å². The summed E-state index contributed by atoms with van der Waals surface area (Å²) < 4.78 is 48.6. The molecule has 0 atom stereocenters. The zero-order chi connectivity index (χ0) is 40.3. The van der Waals surface area contributed by atoms with E-state index >= 15 is 0 Å². The monoisotopic (exact) mass is 808 g/mol. The molecule has 56 heavy (non-hydrogen) atoms. The SMILES string of the molecule is C=S1(=O)CCN(Cc2cn(CCOCCOCCOCCNC(C)C)nn2)CC1.Cc1ccc(-c2cn(CCOCCOCCOCCNC(C)C)nn2)cc1. The van der Waals surface area contributed by atoms with Crippen molar-refractivity contribution in [2.45, 2.75) is 66.3 Å². The van der Waals surface area contributed by atoms with Crippen LogP contribution in [0.3, 0.4) is 0 Å². The predicted molar refractivity (Wildman–Crippen MR) is 222 cm³/mol. The van der Waals surface area contributed by atoms with Gasteiger partial charge < -0.3 is 39.1 Å². The second-order valence-corrected chi connectivity index (χ2v) is 17.0. The van der Waals surface area contributed by atoms with Crippen molar-refractivity contribution in [3.05, 3.63) is 47.9 Å². The predicted octanol–water partition coefficient (Wildman–Crippen LogP) is 2.16. The Balaban J connectivity index is 0.000000301. The van der Waals surface area contributed by atoms with Gasteiger partial charge in [-0.1, -0.05) is 68.0 Å². The first-order valence-electron chi connectivity index (χ1n) is 19.9. The Labute approximate surface area is 335 Å². The standard InChI is InChI=1S/C20H32N4O3.C19H37N5O4S/c1-17(2)21-8-10-25-12-14-27-15-13-26-11-9-24-16-20(22-23-24)19-6-4-18(3)5-7-19;1-18(2)20-4-8-26-10-12-28-13-11-27-9-5-24-17-19(21-22-24)16-23-6-14-29(3,25)15-7-23/h4-7,16-17,21H,8-15H2,1-3H3;17-18,20H,3-16H2,1-2H3. The maximum atomic E-state index is 11.9. The molecular weight excluding hydrogens is 739 g/mol. The zero-order valence-electron chi connectivity index (χ0n) is 34.6. The van der Waals surface area contributed by atoms with Crippen LogP contribution in [0.1, 0.15) is 39.0 Å². The molecule has 16 nitrogen and oxygen atoms in total. The van der Waals surface area contributed by atoms with E-state index in [4.69, 9.17) is 28.4 Å². The summed E-state index contributed by atoms with van der Waals surface area (Å²) in [5, 5.41) is 23.3. The average Bonchev–Trinajstić information content (AvgIpc) is 3.83. The van der Waals surface area contributed by atoms with Crippen LogP contribution in [0.15, 0.2) is 36.7 Å². The molecule has 0 spiro atoms. The van der Waals surface area contributed by atoms with E-state index in [2.05, 4.69) is 101 Å². The molecule has 3 aromatic rings. The van der Waals surface area contributed by atoms with E-state index in [1.807, 2.05) is 12.4 Å². The summed E-state index contributed by atoms with van der Waals surface area (Å²) in [5.41, 5.74) is 4.11. The summed E-state index contributed by atoms with van der Waals surface area (Å²) >= 11 is 0. The van der Waals surface area contributed by atoms with Gasteiger partial charge in [0.25, 0.3) is 0 Å². The van der Waals surface area contributed by atoms with E-state index in [9.17, 15) is 4.21 Å². The summed E-state index contributed by atoms with van der Waals surface area (Å²) in [5.74, 6) is 5.13. The molecule has 4 rings (SSSR count). The second kappa shape index (κ2) is 28.5. The third kappa shape index (κ3) is 22.8. The van der Waals surface area contributed by atoms with E-state index in [-0.39, 0.29) is 0 Å². The first kappa shape index (κ1) is 47.5. The molecular formula is C39H69N9O7S. The molecule has 1 aliphatic rings. The van der Waals surface area contributed by atoms with Gasteiger partial charge in [0.2, 0.25) is 0 Å². The average molecular weight is 808 g/mol. The van der Waals surface area contributed by atoms with Gasteiger partial charge in [0.05, 0.1) is 104 Å². The summed E-state index contributed by atoms with van der Waals surface area (Å²) in [4.78, 5) is 2.25. The first-order chi connectivity index (χ1) is 27.1. The van der Waals surface area contributed by atoms with E-state index in [0.29, 0.717) is 116 Å². The molecule has 0 aliphatic carbocycles. The van der Waals surface area contributed by atoms with Crippen molar-refractivity contribution in [3.63, 3.8) is 0 Å². The molecule has 1 fully saturated rings. The molecule has 2 N–H and O–H groups in total. The number of benzene rings is 1. The first-order valence-corrected chi connectivity index (χ1v) is 22.0. The highest BCUT2D eigenvalue weighted by molar-refractivity contribution is 8.00. The largest absolute Gasteiger partial charge is 0.378 e. The van der Waals surface area contributed by atoms with Crippen molar-refractivity contribution in [1.29, 1.82) is 0 Å². The van der Waals surface area contributed by atoms with Crippen molar-refractivity contribution < 1.29 is 32.6 Å². The van der Waals surface area contributed by atoms with Crippen LogP contribution in [0.2, 0.25) is 0 Å². The van der Waals surface area contributed by atoms with Crippen LogP contribution < -0.4 is 10.6 Å². The summed E-state index contributed by atoms with van der Waals surface area (Å²) in [6, 6.07) is 9.25. The summed E-state index contributed by atoms with van der Waals surface area (Å²) in [7, 11) is -1.85. The molecule has 2 aromatic heterocycles. The smallest absolute Gasteiger partial charge is 0.113 e. The Morgan fingerprint density at radius 1 is 0.661 bits per heavy atom. The van der Waals surface area contributed by atoms with Gasteiger partial charge in [-0.2, -0.15) is 0 Å². The van der Waals surface area contributed by atoms with E-state index < -0.39 is 9.52 Å². The molecule has 0 bridgehead atoms. The molecule has 318 valence electrons. The van der Waals surface area contributed by atoms with Gasteiger partial charge in [-0.3, -0.25) is 9.11 Å². The summed E-state index contributed by atoms with van der Waals surface area (Å²) in [6.45, 7) is 23.1. The van der Waals surface area contributed by atoms with Gasteiger partial charge in [0.15, 0.2) is 0 Å². The number of hydrogen-bond donors (Lipinski definition) is 2. The number of aryl methyl sites for hydroxylation is 1. The lowest BCUT2D eigenvalue weighted by molar-refractivity contribution is 0.0131. The third-order valence-corrected chi connectivity index (χ3v) is 10.3. The Bertz CT molecular complexity index is 1510. The molecule has 1 aliphatic heterocycles. The van der Waals surface area contributed by atoms with Crippen LogP contribution >= 0.6 is 0 Å². The fourth-order valence-electron chi connectivity index (χ4n) is 5.22. The minimum atomic E-state index is -1.85. The zero-order valence-corrected chi connectivity index (χ0v) is 35.4. The number of aromatic nitrogens is 6. The molecule has 17 heteroatoms. The van der Waals surface area contributed by atoms with Crippen molar-refractivity contribution >= 4 is 15.4 Å². The highest BCUT2D eigenvalue weighted by Crippen LogP contribution is 2.16. The van der Waals surface area contributed by atoms with Crippen molar-refractivity contribution in [3.8, 4) is 11.3 Å². The molecule has 0 amide bonds. The topological polar surface area (TPSA) is 161 Å². The van der Waals surface area contributed by atoms with Gasteiger partial charge in [0.1, 0.15) is 5.69 Å². The Kier molecular flexibility index (Phi) is 24.2. The molecule has 0 saturated carbocycles. The van der Waals surface area contributed by atoms with E-state index in [0.717, 1.165) is 49.7 Å². The minimum absolute atomic E-state index is 0.487. The Morgan fingerprint density at radius 3 is 1.61 bits per heavy atom. The van der Waals surface area contributed by atoms with Crippen LogP contribution in [0.4, 0.5) is 0 Å². The highest BCUT2D eigenvalue weighted by atomic mass is 32.2. The fourth-order valence-corrected chi connectivity index (χ4v) is 6.60. The number of rotatable bonds is 29. The highest BCUT2D eigenvalue weighted by Gasteiger charge is 2.18. The van der Waals surface area contributed by atoms with E-state index in [1.54, 1.807) is 9.36 Å².